The smallest absolute Gasteiger partial charge is 0.0412 e. The summed E-state index contributed by atoms with van der Waals surface area (Å²) in [6.45, 7) is 3.54. The number of thiol groups is 1. The fourth-order valence-electron chi connectivity index (χ4n) is 0.766. The topological polar surface area (TPSA) is 17.1 Å². The molecule has 0 saturated heterocycles. The van der Waals surface area contributed by atoms with E-state index in [0.717, 1.165) is 30.8 Å². The van der Waals surface area contributed by atoms with Gasteiger partial charge in [0, 0.05) is 22.3 Å². The third-order valence-corrected chi connectivity index (χ3v) is 3.00. The maximum Gasteiger partial charge on any atom is 0.0412 e. The predicted octanol–water partition coefficient (Wildman–Crippen LogP) is 2.02. The summed E-state index contributed by atoms with van der Waals surface area (Å²) in [6, 6.07) is 0. The van der Waals surface area contributed by atoms with Crippen LogP contribution in [0.25, 0.3) is 0 Å². The van der Waals surface area contributed by atoms with Crippen molar-refractivity contribution < 1.29 is 4.21 Å². The van der Waals surface area contributed by atoms with E-state index < -0.39 is 10.8 Å². The van der Waals surface area contributed by atoms with Crippen LogP contribution in [0, 0.1) is 0 Å². The van der Waals surface area contributed by atoms with Gasteiger partial charge in [-0.25, -0.2) is 0 Å². The summed E-state index contributed by atoms with van der Waals surface area (Å²) in [5.41, 5.74) is 0. The molecular formula is C8H16OS2. The Bertz CT molecular complexity index is 123. The summed E-state index contributed by atoms with van der Waals surface area (Å²) in [7, 11) is -0.667. The summed E-state index contributed by atoms with van der Waals surface area (Å²) < 4.78 is 11.0. The SMILES string of the molecule is C=CCS(=O)CCCCCS. The molecule has 1 nitrogen and oxygen atoms in total. The van der Waals surface area contributed by atoms with E-state index in [9.17, 15) is 4.21 Å². The first-order chi connectivity index (χ1) is 5.31. The molecule has 66 valence electrons. The number of hydrogen-bond donors (Lipinski definition) is 1. The van der Waals surface area contributed by atoms with E-state index in [0.29, 0.717) is 5.75 Å². The number of rotatable bonds is 7. The molecule has 11 heavy (non-hydrogen) atoms. The van der Waals surface area contributed by atoms with Crippen LogP contribution in [0.4, 0.5) is 0 Å². The van der Waals surface area contributed by atoms with E-state index >= 15 is 0 Å². The molecule has 0 fully saturated rings. The van der Waals surface area contributed by atoms with Crippen LogP contribution in [0.1, 0.15) is 19.3 Å². The van der Waals surface area contributed by atoms with Gasteiger partial charge in [0.15, 0.2) is 0 Å². The predicted molar refractivity (Wildman–Crippen MR) is 55.8 cm³/mol. The normalized spacial score (nSPS) is 12.8. The summed E-state index contributed by atoms with van der Waals surface area (Å²) >= 11 is 4.09. The second-order valence-corrected chi connectivity index (χ2v) is 4.45. The first-order valence-electron chi connectivity index (χ1n) is 3.88. The highest BCUT2D eigenvalue weighted by Gasteiger charge is 1.95. The fourth-order valence-corrected chi connectivity index (χ4v) is 1.95. The molecule has 0 aliphatic heterocycles. The molecular weight excluding hydrogens is 176 g/mol. The van der Waals surface area contributed by atoms with Gasteiger partial charge in [-0.2, -0.15) is 12.6 Å². The Hall–Kier alpha value is 0.240. The molecule has 0 radical (unpaired) electrons. The Morgan fingerprint density at radius 2 is 2.09 bits per heavy atom. The standard InChI is InChI=1S/C8H16OS2/c1-2-7-11(9)8-5-3-4-6-10/h2,10H,1,3-8H2. The minimum atomic E-state index is -0.667. The van der Waals surface area contributed by atoms with Gasteiger partial charge in [0.2, 0.25) is 0 Å². The second kappa shape index (κ2) is 8.34. The van der Waals surface area contributed by atoms with Gasteiger partial charge in [0.25, 0.3) is 0 Å². The fraction of sp³-hybridized carbons (Fsp3) is 0.750. The summed E-state index contributed by atoms with van der Waals surface area (Å²) in [4.78, 5) is 0. The lowest BCUT2D eigenvalue weighted by atomic mass is 10.3. The zero-order valence-corrected chi connectivity index (χ0v) is 8.50. The average molecular weight is 192 g/mol. The van der Waals surface area contributed by atoms with Crippen LogP contribution in [0.15, 0.2) is 12.7 Å². The third kappa shape index (κ3) is 8.14. The number of hydrogen-bond acceptors (Lipinski definition) is 2. The van der Waals surface area contributed by atoms with Crippen molar-refractivity contribution in [3.8, 4) is 0 Å². The first kappa shape index (κ1) is 11.2. The van der Waals surface area contributed by atoms with Gasteiger partial charge in [0.05, 0.1) is 0 Å². The Morgan fingerprint density at radius 1 is 1.36 bits per heavy atom. The summed E-state index contributed by atoms with van der Waals surface area (Å²) in [5, 5.41) is 0. The van der Waals surface area contributed by atoms with Crippen LogP contribution < -0.4 is 0 Å². The van der Waals surface area contributed by atoms with E-state index in [1.54, 1.807) is 6.08 Å². The van der Waals surface area contributed by atoms with Crippen molar-refractivity contribution in [2.24, 2.45) is 0 Å². The van der Waals surface area contributed by atoms with Crippen molar-refractivity contribution in [2.45, 2.75) is 19.3 Å². The van der Waals surface area contributed by atoms with Crippen LogP contribution in [-0.4, -0.2) is 21.5 Å². The Kier molecular flexibility index (Phi) is 8.52. The quantitative estimate of drug-likeness (QED) is 0.371. The van der Waals surface area contributed by atoms with E-state index in [1.165, 1.54) is 0 Å². The Morgan fingerprint density at radius 3 is 2.64 bits per heavy atom. The maximum atomic E-state index is 11.0. The molecule has 0 heterocycles. The van der Waals surface area contributed by atoms with E-state index in [1.807, 2.05) is 0 Å². The van der Waals surface area contributed by atoms with Gasteiger partial charge in [-0.3, -0.25) is 4.21 Å². The molecule has 0 saturated carbocycles. The monoisotopic (exact) mass is 192 g/mol. The molecule has 0 amide bonds. The summed E-state index contributed by atoms with van der Waals surface area (Å²) in [6.07, 6.45) is 5.05. The molecule has 0 N–H and O–H groups in total. The number of unbranched alkanes of at least 4 members (excludes halogenated alkanes) is 2. The van der Waals surface area contributed by atoms with Crippen LogP contribution in [-0.2, 0) is 10.8 Å². The van der Waals surface area contributed by atoms with E-state index in [-0.39, 0.29) is 0 Å². The first-order valence-corrected chi connectivity index (χ1v) is 6.00. The lowest BCUT2D eigenvalue weighted by Gasteiger charge is -1.97. The molecule has 0 aromatic carbocycles. The molecule has 1 unspecified atom stereocenters. The highest BCUT2D eigenvalue weighted by Crippen LogP contribution is 1.98. The minimum Gasteiger partial charge on any atom is -0.259 e. The largest absolute Gasteiger partial charge is 0.259 e. The molecule has 3 heteroatoms. The lowest BCUT2D eigenvalue weighted by molar-refractivity contribution is 0.678. The van der Waals surface area contributed by atoms with E-state index in [4.69, 9.17) is 0 Å². The van der Waals surface area contributed by atoms with Gasteiger partial charge < -0.3 is 0 Å². The van der Waals surface area contributed by atoms with Crippen LogP contribution in [0.2, 0.25) is 0 Å². The van der Waals surface area contributed by atoms with Crippen molar-refractivity contribution in [2.75, 3.05) is 17.3 Å². The molecule has 0 aromatic heterocycles. The molecule has 0 bridgehead atoms. The highest BCUT2D eigenvalue weighted by molar-refractivity contribution is 7.85. The van der Waals surface area contributed by atoms with Crippen molar-refractivity contribution >= 4 is 23.4 Å². The maximum absolute atomic E-state index is 11.0. The molecule has 0 aliphatic carbocycles. The Balaban J connectivity index is 3.10. The van der Waals surface area contributed by atoms with Crippen LogP contribution in [0.5, 0.6) is 0 Å². The van der Waals surface area contributed by atoms with Crippen molar-refractivity contribution in [1.82, 2.24) is 0 Å². The second-order valence-electron chi connectivity index (χ2n) is 2.38. The molecule has 0 aromatic rings. The zero-order chi connectivity index (χ0) is 8.53. The summed E-state index contributed by atoms with van der Waals surface area (Å²) in [5.74, 6) is 2.40. The molecule has 0 aliphatic rings. The zero-order valence-electron chi connectivity index (χ0n) is 6.79. The van der Waals surface area contributed by atoms with Crippen LogP contribution >= 0.6 is 12.6 Å². The molecule has 1 atom stereocenters. The van der Waals surface area contributed by atoms with Crippen molar-refractivity contribution in [1.29, 1.82) is 0 Å². The van der Waals surface area contributed by atoms with Crippen LogP contribution in [0.3, 0.4) is 0 Å². The minimum absolute atomic E-state index is 0.640. The highest BCUT2D eigenvalue weighted by atomic mass is 32.2. The molecule has 0 spiro atoms. The van der Waals surface area contributed by atoms with Crippen molar-refractivity contribution in [3.05, 3.63) is 12.7 Å². The third-order valence-electron chi connectivity index (χ3n) is 1.33. The average Bonchev–Trinajstić information content (AvgIpc) is 1.99. The van der Waals surface area contributed by atoms with Gasteiger partial charge >= 0.3 is 0 Å². The van der Waals surface area contributed by atoms with Gasteiger partial charge in [-0.05, 0) is 18.6 Å². The van der Waals surface area contributed by atoms with E-state index in [2.05, 4.69) is 19.2 Å². The van der Waals surface area contributed by atoms with Gasteiger partial charge in [-0.1, -0.05) is 12.5 Å². The lowest BCUT2D eigenvalue weighted by Crippen LogP contribution is -2.00. The van der Waals surface area contributed by atoms with Crippen molar-refractivity contribution in [3.63, 3.8) is 0 Å². The van der Waals surface area contributed by atoms with Gasteiger partial charge in [0.1, 0.15) is 0 Å². The Labute approximate surface area is 77.1 Å². The van der Waals surface area contributed by atoms with Gasteiger partial charge in [-0.15, -0.1) is 6.58 Å². The molecule has 0 rings (SSSR count).